The molecule has 2 aromatic carbocycles. The molecule has 1 fully saturated rings. The van der Waals surface area contributed by atoms with E-state index in [1.165, 1.54) is 16.7 Å². The number of carbonyl (C=O) groups excluding carboxylic acids is 3. The summed E-state index contributed by atoms with van der Waals surface area (Å²) in [4.78, 5) is 40.0. The Morgan fingerprint density at radius 2 is 1.82 bits per heavy atom. The molecule has 1 saturated heterocycles. The second-order valence-electron chi connectivity index (χ2n) is 8.15. The maximum absolute atomic E-state index is 13.1. The van der Waals surface area contributed by atoms with Gasteiger partial charge in [0, 0.05) is 5.75 Å². The van der Waals surface area contributed by atoms with E-state index in [1.54, 1.807) is 26.2 Å². The van der Waals surface area contributed by atoms with Crippen LogP contribution in [0.25, 0.3) is 0 Å². The van der Waals surface area contributed by atoms with Gasteiger partial charge >= 0.3 is 5.97 Å². The minimum atomic E-state index is -0.683. The third-order valence-corrected chi connectivity index (χ3v) is 7.01. The molecule has 176 valence electrons. The number of carbonyl (C=O) groups is 3. The van der Waals surface area contributed by atoms with Gasteiger partial charge in [-0.3, -0.25) is 14.5 Å². The van der Waals surface area contributed by atoms with E-state index >= 15 is 0 Å². The molecule has 0 bridgehead atoms. The zero-order valence-electron chi connectivity index (χ0n) is 19.1. The third-order valence-electron chi connectivity index (χ3n) is 5.73. The smallest absolute Gasteiger partial charge is 0.355 e. The van der Waals surface area contributed by atoms with E-state index in [1.807, 2.05) is 42.5 Å². The second-order valence-corrected chi connectivity index (χ2v) is 9.25. The maximum Gasteiger partial charge on any atom is 0.355 e. The standard InChI is InChI=1S/C26H26N2O5S/c1-16(2)20-15-34-25-22(27-21(29)13-17-7-5-4-6-8-17)24(30)28(25)23(20)26(31)33-14-18-9-11-19(32-3)12-10-18/h4-12,22,25H,1,13-15H2,2-3H3,(H,27,29)/t22-,25?/m1/s1. The topological polar surface area (TPSA) is 84.9 Å². The summed E-state index contributed by atoms with van der Waals surface area (Å²) >= 11 is 1.50. The fraction of sp³-hybridized carbons (Fsp3) is 0.269. The molecule has 1 unspecified atom stereocenters. The highest BCUT2D eigenvalue weighted by molar-refractivity contribution is 8.00. The van der Waals surface area contributed by atoms with Crippen molar-refractivity contribution in [3.8, 4) is 5.75 Å². The van der Waals surface area contributed by atoms with Crippen LogP contribution in [0.2, 0.25) is 0 Å². The van der Waals surface area contributed by atoms with Crippen LogP contribution < -0.4 is 10.1 Å². The number of benzene rings is 2. The molecule has 2 aromatic rings. The number of β-lactam (4-membered cyclic amide) rings is 1. The lowest BCUT2D eigenvalue weighted by atomic mass is 10.00. The molecule has 0 radical (unpaired) electrons. The first-order valence-electron chi connectivity index (χ1n) is 10.9. The summed E-state index contributed by atoms with van der Waals surface area (Å²) in [5, 5.41) is 2.46. The normalized spacial score (nSPS) is 19.1. The van der Waals surface area contributed by atoms with Crippen molar-refractivity contribution in [2.24, 2.45) is 0 Å². The maximum atomic E-state index is 13.1. The first-order chi connectivity index (χ1) is 16.4. The predicted octanol–water partition coefficient (Wildman–Crippen LogP) is 3.21. The molecule has 0 spiro atoms. The van der Waals surface area contributed by atoms with E-state index in [0.29, 0.717) is 22.6 Å². The first-order valence-corrected chi connectivity index (χ1v) is 11.9. The van der Waals surface area contributed by atoms with Gasteiger partial charge in [0.2, 0.25) is 5.91 Å². The van der Waals surface area contributed by atoms with Crippen LogP contribution >= 0.6 is 11.8 Å². The van der Waals surface area contributed by atoms with Gasteiger partial charge in [0.25, 0.3) is 5.91 Å². The molecule has 1 N–H and O–H groups in total. The fourth-order valence-electron chi connectivity index (χ4n) is 3.88. The Hall–Kier alpha value is -3.52. The lowest BCUT2D eigenvalue weighted by molar-refractivity contribution is -0.153. The van der Waals surface area contributed by atoms with Gasteiger partial charge < -0.3 is 14.8 Å². The highest BCUT2D eigenvalue weighted by atomic mass is 32.2. The number of rotatable bonds is 8. The molecule has 7 nitrogen and oxygen atoms in total. The molecule has 34 heavy (non-hydrogen) atoms. The summed E-state index contributed by atoms with van der Waals surface area (Å²) in [5.74, 6) is 0.0707. The van der Waals surface area contributed by atoms with Crippen molar-refractivity contribution in [3.05, 3.63) is 89.1 Å². The number of nitrogens with zero attached hydrogens (tertiary/aromatic N) is 1. The monoisotopic (exact) mass is 478 g/mol. The largest absolute Gasteiger partial charge is 0.497 e. The number of allylic oxidation sites excluding steroid dienone is 1. The molecule has 2 aliphatic heterocycles. The van der Waals surface area contributed by atoms with E-state index in [9.17, 15) is 14.4 Å². The van der Waals surface area contributed by atoms with Gasteiger partial charge in [-0.25, -0.2) is 4.79 Å². The quantitative estimate of drug-likeness (QED) is 0.463. The molecule has 2 atom stereocenters. The molecule has 2 amide bonds. The molecule has 4 rings (SSSR count). The Morgan fingerprint density at radius 1 is 1.12 bits per heavy atom. The molecule has 0 saturated carbocycles. The van der Waals surface area contributed by atoms with Gasteiger partial charge in [0.1, 0.15) is 29.5 Å². The van der Waals surface area contributed by atoms with Crippen LogP contribution in [-0.4, -0.2) is 47.0 Å². The minimum Gasteiger partial charge on any atom is -0.497 e. The number of fused-ring (bicyclic) bond motifs is 1. The van der Waals surface area contributed by atoms with Gasteiger partial charge in [0.05, 0.1) is 13.5 Å². The Balaban J connectivity index is 1.45. The number of nitrogens with one attached hydrogen (secondary N) is 1. The molecule has 2 heterocycles. The number of thioether (sulfide) groups is 1. The van der Waals surface area contributed by atoms with Crippen molar-refractivity contribution in [1.82, 2.24) is 10.2 Å². The van der Waals surface area contributed by atoms with Crippen LogP contribution in [0.15, 0.2) is 78.0 Å². The van der Waals surface area contributed by atoms with Gasteiger partial charge in [-0.05, 0) is 35.8 Å². The van der Waals surface area contributed by atoms with Crippen molar-refractivity contribution in [2.75, 3.05) is 12.9 Å². The van der Waals surface area contributed by atoms with Crippen molar-refractivity contribution >= 4 is 29.5 Å². The molecular formula is C26H26N2O5S. The summed E-state index contributed by atoms with van der Waals surface area (Å²) in [6.45, 7) is 5.84. The zero-order chi connectivity index (χ0) is 24.2. The average Bonchev–Trinajstić information content (AvgIpc) is 2.85. The lowest BCUT2D eigenvalue weighted by Gasteiger charge is -2.49. The van der Waals surface area contributed by atoms with Crippen LogP contribution in [0.5, 0.6) is 5.75 Å². The summed E-state index contributed by atoms with van der Waals surface area (Å²) in [7, 11) is 1.58. The number of methoxy groups -OCH3 is 1. The van der Waals surface area contributed by atoms with Gasteiger partial charge in [0.15, 0.2) is 0 Å². The summed E-state index contributed by atoms with van der Waals surface area (Å²) in [5.41, 5.74) is 3.26. The SMILES string of the molecule is C=C(C)C1=C(C(=O)OCc2ccc(OC)cc2)N2C(=O)[C@@H](NC(=O)Cc3ccccc3)C2SC1. The van der Waals surface area contributed by atoms with Crippen molar-refractivity contribution in [3.63, 3.8) is 0 Å². The van der Waals surface area contributed by atoms with Crippen molar-refractivity contribution < 1.29 is 23.9 Å². The summed E-state index contributed by atoms with van der Waals surface area (Å²) in [6, 6.07) is 15.9. The molecule has 0 aliphatic carbocycles. The van der Waals surface area contributed by atoms with E-state index in [2.05, 4.69) is 11.9 Å². The minimum absolute atomic E-state index is 0.0624. The number of ether oxygens (including phenoxy) is 2. The van der Waals surface area contributed by atoms with E-state index in [-0.39, 0.29) is 35.9 Å². The molecule has 8 heteroatoms. The Labute approximate surface area is 202 Å². The molecular weight excluding hydrogens is 452 g/mol. The van der Waals surface area contributed by atoms with Crippen LogP contribution in [-0.2, 0) is 32.1 Å². The van der Waals surface area contributed by atoms with Crippen LogP contribution in [0, 0.1) is 0 Å². The highest BCUT2D eigenvalue weighted by Crippen LogP contribution is 2.42. The van der Waals surface area contributed by atoms with E-state index in [4.69, 9.17) is 9.47 Å². The number of hydrogen-bond acceptors (Lipinski definition) is 6. The number of amides is 2. The third kappa shape index (κ3) is 4.87. The van der Waals surface area contributed by atoms with Crippen LogP contribution in [0.1, 0.15) is 18.1 Å². The van der Waals surface area contributed by atoms with Crippen molar-refractivity contribution in [2.45, 2.75) is 31.4 Å². The van der Waals surface area contributed by atoms with E-state index < -0.39 is 12.0 Å². The highest BCUT2D eigenvalue weighted by Gasteiger charge is 2.54. The number of esters is 1. The average molecular weight is 479 g/mol. The van der Waals surface area contributed by atoms with Crippen LogP contribution in [0.4, 0.5) is 0 Å². The van der Waals surface area contributed by atoms with Gasteiger partial charge in [-0.1, -0.05) is 54.6 Å². The summed E-state index contributed by atoms with van der Waals surface area (Å²) < 4.78 is 10.7. The number of hydrogen-bond donors (Lipinski definition) is 1. The lowest BCUT2D eigenvalue weighted by Crippen LogP contribution is -2.70. The Morgan fingerprint density at radius 3 is 2.47 bits per heavy atom. The van der Waals surface area contributed by atoms with Crippen LogP contribution in [0.3, 0.4) is 0 Å². The first kappa shape index (κ1) is 23.6. The zero-order valence-corrected chi connectivity index (χ0v) is 19.9. The second kappa shape index (κ2) is 10.2. The fourth-order valence-corrected chi connectivity index (χ4v) is 5.34. The van der Waals surface area contributed by atoms with Crippen molar-refractivity contribution in [1.29, 1.82) is 0 Å². The van der Waals surface area contributed by atoms with E-state index in [0.717, 1.165) is 11.1 Å². The Kier molecular flexibility index (Phi) is 7.07. The molecule has 2 aliphatic rings. The summed E-state index contributed by atoms with van der Waals surface area (Å²) in [6.07, 6.45) is 0.186. The van der Waals surface area contributed by atoms with Gasteiger partial charge in [-0.2, -0.15) is 0 Å². The Bertz CT molecular complexity index is 1140. The van der Waals surface area contributed by atoms with Gasteiger partial charge in [-0.15, -0.1) is 11.8 Å². The predicted molar refractivity (Wildman–Crippen MR) is 130 cm³/mol. The molecule has 0 aromatic heterocycles.